The molecule has 0 aliphatic rings. The van der Waals surface area contributed by atoms with Crippen molar-refractivity contribution >= 4 is 18.0 Å². The highest BCUT2D eigenvalue weighted by Gasteiger charge is 2.35. The fourth-order valence-electron chi connectivity index (χ4n) is 1.59. The van der Waals surface area contributed by atoms with Crippen LogP contribution in [0.15, 0.2) is 6.20 Å². The number of carbonyl (C=O) groups is 2. The standard InChI is InChI=1S/C17H23N3O4/c1-9-12-13(18-10-11(2)19-12)20(14(21)23-16(3,4)5)15(22)24-17(6,7)8/h1,10H,2-8H3. The van der Waals surface area contributed by atoms with Crippen LogP contribution in [0.4, 0.5) is 15.4 Å². The van der Waals surface area contributed by atoms with Crippen LogP contribution < -0.4 is 4.90 Å². The first-order valence-electron chi connectivity index (χ1n) is 7.40. The number of hydrogen-bond donors (Lipinski definition) is 0. The molecular weight excluding hydrogens is 310 g/mol. The van der Waals surface area contributed by atoms with Crippen molar-refractivity contribution in [3.63, 3.8) is 0 Å². The molecule has 1 rings (SSSR count). The molecule has 7 heteroatoms. The molecule has 0 N–H and O–H groups in total. The van der Waals surface area contributed by atoms with Gasteiger partial charge in [-0.3, -0.25) is 0 Å². The predicted octanol–water partition coefficient (Wildman–Crippen LogP) is 3.44. The van der Waals surface area contributed by atoms with E-state index in [9.17, 15) is 9.59 Å². The normalized spacial score (nSPS) is 11.4. The first-order chi connectivity index (χ1) is 10.8. The number of amides is 2. The second kappa shape index (κ2) is 6.87. The molecule has 0 atom stereocenters. The number of rotatable bonds is 1. The van der Waals surface area contributed by atoms with Crippen LogP contribution in [0.2, 0.25) is 0 Å². The summed E-state index contributed by atoms with van der Waals surface area (Å²) in [6, 6.07) is 0. The van der Waals surface area contributed by atoms with E-state index in [1.54, 1.807) is 48.5 Å². The van der Waals surface area contributed by atoms with Gasteiger partial charge in [0.2, 0.25) is 0 Å². The zero-order valence-corrected chi connectivity index (χ0v) is 15.1. The van der Waals surface area contributed by atoms with Gasteiger partial charge in [0.25, 0.3) is 0 Å². The van der Waals surface area contributed by atoms with Gasteiger partial charge in [0, 0.05) is 0 Å². The summed E-state index contributed by atoms with van der Waals surface area (Å²) in [7, 11) is 0. The Bertz CT molecular complexity index is 651. The van der Waals surface area contributed by atoms with E-state index in [1.807, 2.05) is 0 Å². The lowest BCUT2D eigenvalue weighted by Crippen LogP contribution is -2.44. The van der Waals surface area contributed by atoms with Gasteiger partial charge in [-0.2, -0.15) is 4.90 Å². The maximum absolute atomic E-state index is 12.5. The van der Waals surface area contributed by atoms with E-state index in [1.165, 1.54) is 6.20 Å². The van der Waals surface area contributed by atoms with Crippen molar-refractivity contribution in [1.29, 1.82) is 0 Å². The van der Waals surface area contributed by atoms with E-state index in [4.69, 9.17) is 15.9 Å². The Morgan fingerprint density at radius 3 is 1.92 bits per heavy atom. The zero-order valence-electron chi connectivity index (χ0n) is 15.1. The maximum Gasteiger partial charge on any atom is 0.425 e. The summed E-state index contributed by atoms with van der Waals surface area (Å²) in [6.07, 6.45) is 4.95. The van der Waals surface area contributed by atoms with Crippen molar-refractivity contribution in [3.8, 4) is 12.3 Å². The molecule has 1 aromatic heterocycles. The summed E-state index contributed by atoms with van der Waals surface area (Å²) in [5.74, 6) is 2.22. The first-order valence-corrected chi connectivity index (χ1v) is 7.40. The van der Waals surface area contributed by atoms with Crippen molar-refractivity contribution in [2.75, 3.05) is 4.90 Å². The topological polar surface area (TPSA) is 81.6 Å². The van der Waals surface area contributed by atoms with Gasteiger partial charge in [-0.25, -0.2) is 19.6 Å². The number of aryl methyl sites for hydroxylation is 1. The number of carbonyl (C=O) groups excluding carboxylic acids is 2. The summed E-state index contributed by atoms with van der Waals surface area (Å²) in [5, 5.41) is 0. The lowest BCUT2D eigenvalue weighted by molar-refractivity contribution is 0.0428. The van der Waals surface area contributed by atoms with Crippen LogP contribution in [0.5, 0.6) is 0 Å². The predicted molar refractivity (Wildman–Crippen MR) is 89.7 cm³/mol. The molecule has 0 spiro atoms. The summed E-state index contributed by atoms with van der Waals surface area (Å²) >= 11 is 0. The smallest absolute Gasteiger partial charge is 0.425 e. The van der Waals surface area contributed by atoms with Crippen LogP contribution in [-0.4, -0.2) is 33.4 Å². The van der Waals surface area contributed by atoms with Gasteiger partial charge in [0.05, 0.1) is 11.9 Å². The number of imide groups is 1. The molecule has 0 bridgehead atoms. The molecule has 7 nitrogen and oxygen atoms in total. The van der Waals surface area contributed by atoms with E-state index in [-0.39, 0.29) is 11.5 Å². The number of aromatic nitrogens is 2. The SMILES string of the molecule is C#Cc1nc(C)cnc1N(C(=O)OC(C)(C)C)C(=O)OC(C)(C)C. The molecule has 0 saturated carbocycles. The van der Waals surface area contributed by atoms with Crippen molar-refractivity contribution in [1.82, 2.24) is 9.97 Å². The van der Waals surface area contributed by atoms with Gasteiger partial charge < -0.3 is 9.47 Å². The Hall–Kier alpha value is -2.62. The first kappa shape index (κ1) is 19.4. The van der Waals surface area contributed by atoms with Crippen LogP contribution in [-0.2, 0) is 9.47 Å². The summed E-state index contributed by atoms with van der Waals surface area (Å²) < 4.78 is 10.5. The average molecular weight is 333 g/mol. The highest BCUT2D eigenvalue weighted by atomic mass is 16.6. The summed E-state index contributed by atoms with van der Waals surface area (Å²) in [6.45, 7) is 11.8. The van der Waals surface area contributed by atoms with Gasteiger partial charge in [-0.15, -0.1) is 6.42 Å². The minimum atomic E-state index is -0.939. The fourth-order valence-corrected chi connectivity index (χ4v) is 1.59. The van der Waals surface area contributed by atoms with Crippen LogP contribution >= 0.6 is 0 Å². The van der Waals surface area contributed by atoms with Crippen LogP contribution in [0.25, 0.3) is 0 Å². The molecule has 0 aliphatic carbocycles. The largest absolute Gasteiger partial charge is 0.443 e. The van der Waals surface area contributed by atoms with Gasteiger partial charge >= 0.3 is 12.2 Å². The Labute approximate surface area is 142 Å². The number of nitrogens with zero attached hydrogens (tertiary/aromatic N) is 3. The number of terminal acetylenes is 1. The van der Waals surface area contributed by atoms with Crippen molar-refractivity contribution in [2.24, 2.45) is 0 Å². The van der Waals surface area contributed by atoms with Gasteiger partial charge in [-0.1, -0.05) is 0 Å². The molecule has 2 amide bonds. The summed E-state index contributed by atoms with van der Waals surface area (Å²) in [5.41, 5.74) is -1.02. The van der Waals surface area contributed by atoms with Gasteiger partial charge in [0.15, 0.2) is 11.5 Å². The minimum absolute atomic E-state index is 0.0479. The maximum atomic E-state index is 12.5. The molecule has 24 heavy (non-hydrogen) atoms. The lowest BCUT2D eigenvalue weighted by atomic mass is 10.2. The fraction of sp³-hybridized carbons (Fsp3) is 0.529. The number of anilines is 1. The Morgan fingerprint density at radius 1 is 1.08 bits per heavy atom. The second-order valence-electron chi connectivity index (χ2n) is 7.12. The highest BCUT2D eigenvalue weighted by Crippen LogP contribution is 2.22. The lowest BCUT2D eigenvalue weighted by Gasteiger charge is -2.28. The molecule has 1 heterocycles. The third-order valence-electron chi connectivity index (χ3n) is 2.37. The monoisotopic (exact) mass is 333 g/mol. The second-order valence-corrected chi connectivity index (χ2v) is 7.12. The van der Waals surface area contributed by atoms with Crippen molar-refractivity contribution in [2.45, 2.75) is 59.7 Å². The van der Waals surface area contributed by atoms with E-state index in [0.29, 0.717) is 10.6 Å². The highest BCUT2D eigenvalue weighted by molar-refractivity contribution is 6.09. The van der Waals surface area contributed by atoms with E-state index in [2.05, 4.69) is 15.9 Å². The molecular formula is C17H23N3O4. The van der Waals surface area contributed by atoms with Crippen LogP contribution in [0.1, 0.15) is 52.9 Å². The molecule has 0 radical (unpaired) electrons. The molecule has 0 aromatic carbocycles. The van der Waals surface area contributed by atoms with E-state index in [0.717, 1.165) is 0 Å². The Kier molecular flexibility index (Phi) is 5.56. The quantitative estimate of drug-likeness (QED) is 0.732. The van der Waals surface area contributed by atoms with Gasteiger partial charge in [-0.05, 0) is 54.4 Å². The third-order valence-corrected chi connectivity index (χ3v) is 2.37. The van der Waals surface area contributed by atoms with Crippen molar-refractivity contribution < 1.29 is 19.1 Å². The molecule has 1 aromatic rings. The van der Waals surface area contributed by atoms with Crippen LogP contribution in [0, 0.1) is 19.3 Å². The molecule has 0 fully saturated rings. The van der Waals surface area contributed by atoms with Gasteiger partial charge in [0.1, 0.15) is 11.2 Å². The van der Waals surface area contributed by atoms with Crippen LogP contribution in [0.3, 0.4) is 0 Å². The third kappa shape index (κ3) is 5.54. The Morgan fingerprint density at radius 2 is 1.54 bits per heavy atom. The number of hydrogen-bond acceptors (Lipinski definition) is 6. The Balaban J connectivity index is 3.36. The number of ether oxygens (including phenoxy) is 2. The van der Waals surface area contributed by atoms with E-state index < -0.39 is 23.4 Å². The molecule has 0 unspecified atom stereocenters. The molecule has 130 valence electrons. The average Bonchev–Trinajstić information content (AvgIpc) is 2.36. The molecule has 0 saturated heterocycles. The molecule has 0 aliphatic heterocycles. The van der Waals surface area contributed by atoms with Crippen molar-refractivity contribution in [3.05, 3.63) is 17.6 Å². The zero-order chi connectivity index (χ0) is 18.7. The van der Waals surface area contributed by atoms with E-state index >= 15 is 0 Å². The summed E-state index contributed by atoms with van der Waals surface area (Å²) in [4.78, 5) is 33.9. The minimum Gasteiger partial charge on any atom is -0.443 e.